The van der Waals surface area contributed by atoms with E-state index in [9.17, 15) is 10.1 Å². The number of nitrogens with zero attached hydrogens (tertiary/aromatic N) is 2. The number of aliphatic imine (C=N–C) groups is 1. The van der Waals surface area contributed by atoms with Crippen molar-refractivity contribution in [3.8, 4) is 0 Å². The summed E-state index contributed by atoms with van der Waals surface area (Å²) in [5, 5.41) is 17.2. The minimum atomic E-state index is -0.404. The fourth-order valence-electron chi connectivity index (χ4n) is 2.38. The van der Waals surface area contributed by atoms with Gasteiger partial charge in [0, 0.05) is 25.2 Å². The van der Waals surface area contributed by atoms with Crippen LogP contribution in [0.3, 0.4) is 0 Å². The average Bonchev–Trinajstić information content (AvgIpc) is 2.67. The molecule has 2 aromatic rings. The first-order valence-electron chi connectivity index (χ1n) is 8.59. The maximum atomic E-state index is 10.7. The number of aryl methyl sites for hydroxylation is 1. The Kier molecular flexibility index (Phi) is 10.8. The number of rotatable bonds is 9. The molecular formula is C20H25IN4O2. The lowest BCUT2D eigenvalue weighted by molar-refractivity contribution is -0.384. The molecule has 6 nitrogen and oxygen atoms in total. The van der Waals surface area contributed by atoms with Crippen LogP contribution in [0.15, 0.2) is 72.2 Å². The molecule has 2 rings (SSSR count). The van der Waals surface area contributed by atoms with Crippen LogP contribution in [0.1, 0.15) is 17.5 Å². The second kappa shape index (κ2) is 12.9. The van der Waals surface area contributed by atoms with Gasteiger partial charge in [-0.25, -0.2) is 4.99 Å². The van der Waals surface area contributed by atoms with Gasteiger partial charge in [-0.15, -0.1) is 30.6 Å². The molecule has 0 fully saturated rings. The van der Waals surface area contributed by atoms with E-state index >= 15 is 0 Å². The van der Waals surface area contributed by atoms with Gasteiger partial charge < -0.3 is 10.6 Å². The second-order valence-electron chi connectivity index (χ2n) is 5.77. The third-order valence-electron chi connectivity index (χ3n) is 3.76. The summed E-state index contributed by atoms with van der Waals surface area (Å²) in [5.74, 6) is 0.705. The van der Waals surface area contributed by atoms with Crippen molar-refractivity contribution in [2.75, 3.05) is 13.1 Å². The zero-order chi connectivity index (χ0) is 18.6. The molecular weight excluding hydrogens is 455 g/mol. The summed E-state index contributed by atoms with van der Waals surface area (Å²) < 4.78 is 0. The number of non-ortho nitro benzene ring substituents is 1. The fraction of sp³-hybridized carbons (Fsp3) is 0.250. The predicted molar refractivity (Wildman–Crippen MR) is 121 cm³/mol. The fourth-order valence-corrected chi connectivity index (χ4v) is 2.38. The highest BCUT2D eigenvalue weighted by molar-refractivity contribution is 14.0. The van der Waals surface area contributed by atoms with Gasteiger partial charge in [0.15, 0.2) is 5.96 Å². The van der Waals surface area contributed by atoms with Crippen molar-refractivity contribution < 1.29 is 4.92 Å². The molecule has 0 heterocycles. The molecule has 27 heavy (non-hydrogen) atoms. The van der Waals surface area contributed by atoms with Gasteiger partial charge in [-0.1, -0.05) is 48.5 Å². The Morgan fingerprint density at radius 2 is 1.78 bits per heavy atom. The third-order valence-corrected chi connectivity index (χ3v) is 3.76. The summed E-state index contributed by atoms with van der Waals surface area (Å²) in [4.78, 5) is 14.8. The highest BCUT2D eigenvalue weighted by Gasteiger charge is 2.04. The number of hydrogen-bond acceptors (Lipinski definition) is 3. The number of nitro benzene ring substituents is 1. The van der Waals surface area contributed by atoms with Crippen molar-refractivity contribution in [2.24, 2.45) is 4.99 Å². The van der Waals surface area contributed by atoms with Crippen LogP contribution < -0.4 is 10.6 Å². The largest absolute Gasteiger partial charge is 0.356 e. The maximum absolute atomic E-state index is 10.7. The van der Waals surface area contributed by atoms with Crippen molar-refractivity contribution in [3.63, 3.8) is 0 Å². The van der Waals surface area contributed by atoms with Crippen molar-refractivity contribution in [3.05, 3.63) is 88.5 Å². The van der Waals surface area contributed by atoms with Crippen LogP contribution in [0.4, 0.5) is 5.69 Å². The summed E-state index contributed by atoms with van der Waals surface area (Å²) in [7, 11) is 0. The average molecular weight is 480 g/mol. The zero-order valence-electron chi connectivity index (χ0n) is 15.1. The summed E-state index contributed by atoms with van der Waals surface area (Å²) in [6, 6.07) is 16.8. The van der Waals surface area contributed by atoms with Gasteiger partial charge in [0.25, 0.3) is 5.69 Å². The second-order valence-corrected chi connectivity index (χ2v) is 5.77. The van der Waals surface area contributed by atoms with Gasteiger partial charge in [0.2, 0.25) is 0 Å². The molecule has 0 aromatic heterocycles. The van der Waals surface area contributed by atoms with Gasteiger partial charge in [-0.05, 0) is 24.0 Å². The number of nitro groups is 1. The highest BCUT2D eigenvalue weighted by Crippen LogP contribution is 2.12. The Hall–Kier alpha value is -2.42. The number of guanidine groups is 1. The number of hydrogen-bond donors (Lipinski definition) is 2. The molecule has 0 spiro atoms. The summed E-state index contributed by atoms with van der Waals surface area (Å²) in [6.45, 7) is 5.57. The van der Waals surface area contributed by atoms with E-state index in [0.717, 1.165) is 24.9 Å². The van der Waals surface area contributed by atoms with Crippen LogP contribution in [0, 0.1) is 10.1 Å². The molecule has 144 valence electrons. The summed E-state index contributed by atoms with van der Waals surface area (Å²) in [5.41, 5.74) is 2.32. The van der Waals surface area contributed by atoms with E-state index in [1.54, 1.807) is 18.2 Å². The molecule has 0 radical (unpaired) electrons. The van der Waals surface area contributed by atoms with Gasteiger partial charge in [0.1, 0.15) is 0 Å². The van der Waals surface area contributed by atoms with E-state index in [4.69, 9.17) is 0 Å². The van der Waals surface area contributed by atoms with Crippen molar-refractivity contribution in [1.29, 1.82) is 0 Å². The van der Waals surface area contributed by atoms with E-state index in [1.807, 2.05) is 18.2 Å². The summed E-state index contributed by atoms with van der Waals surface area (Å²) in [6.07, 6.45) is 3.77. The monoisotopic (exact) mass is 480 g/mol. The van der Waals surface area contributed by atoms with Gasteiger partial charge >= 0.3 is 0 Å². The Morgan fingerprint density at radius 1 is 1.07 bits per heavy atom. The van der Waals surface area contributed by atoms with E-state index in [2.05, 4.69) is 34.3 Å². The van der Waals surface area contributed by atoms with Gasteiger partial charge in [-0.3, -0.25) is 10.1 Å². The van der Waals surface area contributed by atoms with Crippen LogP contribution in [0.25, 0.3) is 0 Å². The maximum Gasteiger partial charge on any atom is 0.269 e. The molecule has 0 saturated carbocycles. The molecule has 2 aromatic carbocycles. The van der Waals surface area contributed by atoms with Crippen LogP contribution in [0.5, 0.6) is 0 Å². The Balaban J connectivity index is 0.00000364. The normalized spacial score (nSPS) is 10.6. The van der Waals surface area contributed by atoms with Gasteiger partial charge in [-0.2, -0.15) is 0 Å². The molecule has 0 atom stereocenters. The molecule has 0 saturated heterocycles. The van der Waals surface area contributed by atoms with Crippen molar-refractivity contribution >= 4 is 35.6 Å². The van der Waals surface area contributed by atoms with Gasteiger partial charge in [0.05, 0.1) is 11.5 Å². The zero-order valence-corrected chi connectivity index (χ0v) is 17.5. The molecule has 0 bridgehead atoms. The van der Waals surface area contributed by atoms with Crippen LogP contribution >= 0.6 is 24.0 Å². The SMILES string of the molecule is C=CCNC(=NCc1ccc([N+](=O)[O-])cc1)NCCCc1ccccc1.I. The lowest BCUT2D eigenvalue weighted by Crippen LogP contribution is -2.38. The van der Waals surface area contributed by atoms with E-state index in [0.29, 0.717) is 19.0 Å². The van der Waals surface area contributed by atoms with E-state index in [1.165, 1.54) is 17.7 Å². The standard InChI is InChI=1S/C20H24N4O2.HI/c1-2-14-21-20(22-15-6-9-17-7-4-3-5-8-17)23-16-18-10-12-19(13-11-18)24(25)26;/h2-5,7-8,10-13H,1,6,9,14-16H2,(H2,21,22,23);1H. The van der Waals surface area contributed by atoms with Crippen molar-refractivity contribution in [1.82, 2.24) is 10.6 Å². The highest BCUT2D eigenvalue weighted by atomic mass is 127. The van der Waals surface area contributed by atoms with E-state index in [-0.39, 0.29) is 29.7 Å². The quantitative estimate of drug-likeness (QED) is 0.108. The number of benzene rings is 2. The minimum Gasteiger partial charge on any atom is -0.356 e. The molecule has 2 N–H and O–H groups in total. The first-order chi connectivity index (χ1) is 12.7. The smallest absolute Gasteiger partial charge is 0.269 e. The molecule has 0 aliphatic rings. The lowest BCUT2D eigenvalue weighted by atomic mass is 10.1. The molecule has 0 aliphatic carbocycles. The van der Waals surface area contributed by atoms with Crippen LogP contribution in [0.2, 0.25) is 0 Å². The Bertz CT molecular complexity index is 733. The number of halogens is 1. The van der Waals surface area contributed by atoms with Crippen molar-refractivity contribution in [2.45, 2.75) is 19.4 Å². The van der Waals surface area contributed by atoms with Crippen LogP contribution in [-0.2, 0) is 13.0 Å². The Labute approximate surface area is 177 Å². The first kappa shape index (κ1) is 22.6. The third kappa shape index (κ3) is 8.67. The topological polar surface area (TPSA) is 79.6 Å². The van der Waals surface area contributed by atoms with Crippen LogP contribution in [-0.4, -0.2) is 24.0 Å². The first-order valence-corrected chi connectivity index (χ1v) is 8.59. The minimum absolute atomic E-state index is 0. The molecule has 7 heteroatoms. The molecule has 0 unspecified atom stereocenters. The molecule has 0 aliphatic heterocycles. The lowest BCUT2D eigenvalue weighted by Gasteiger charge is -2.11. The number of nitrogens with one attached hydrogen (secondary N) is 2. The molecule has 0 amide bonds. The van der Waals surface area contributed by atoms with E-state index < -0.39 is 4.92 Å². The predicted octanol–water partition coefficient (Wildman–Crippen LogP) is 4.07. The summed E-state index contributed by atoms with van der Waals surface area (Å²) >= 11 is 0. The Morgan fingerprint density at radius 3 is 2.41 bits per heavy atom.